The van der Waals surface area contributed by atoms with Crippen LogP contribution in [0, 0.1) is 0 Å². The van der Waals surface area contributed by atoms with Crippen LogP contribution in [-0.4, -0.2) is 47.0 Å². The van der Waals surface area contributed by atoms with Gasteiger partial charge in [-0.05, 0) is 13.3 Å². The first-order valence-electron chi connectivity index (χ1n) is 5.98. The summed E-state index contributed by atoms with van der Waals surface area (Å²) >= 11 is 0. The van der Waals surface area contributed by atoms with E-state index in [-0.39, 0.29) is 11.9 Å². The van der Waals surface area contributed by atoms with Crippen LogP contribution in [0.3, 0.4) is 0 Å². The van der Waals surface area contributed by atoms with Crippen LogP contribution in [0.1, 0.15) is 19.2 Å². The lowest BCUT2D eigenvalue weighted by Crippen LogP contribution is -2.42. The molecule has 7 heteroatoms. The highest BCUT2D eigenvalue weighted by molar-refractivity contribution is 5.81. The van der Waals surface area contributed by atoms with Gasteiger partial charge in [-0.15, -0.1) is 10.2 Å². The smallest absolute Gasteiger partial charge is 0.236 e. The number of aromatic nitrogens is 3. The van der Waals surface area contributed by atoms with Gasteiger partial charge in [-0.3, -0.25) is 10.1 Å². The molecule has 0 radical (unpaired) electrons. The predicted molar refractivity (Wildman–Crippen MR) is 66.8 cm³/mol. The average Bonchev–Trinajstić information content (AvgIpc) is 2.77. The molecular weight excluding hydrogens is 234 g/mol. The summed E-state index contributed by atoms with van der Waals surface area (Å²) in [7, 11) is 3.51. The Morgan fingerprint density at radius 2 is 2.39 bits per heavy atom. The van der Waals surface area contributed by atoms with Crippen molar-refractivity contribution in [3.8, 4) is 0 Å². The minimum atomic E-state index is -0.260. The van der Waals surface area contributed by atoms with Gasteiger partial charge in [-0.25, -0.2) is 0 Å². The van der Waals surface area contributed by atoms with Crippen LogP contribution in [0.4, 0.5) is 0 Å². The maximum atomic E-state index is 11.7. The molecule has 0 bridgehead atoms. The standard InChI is InChI=1S/C11H21N5O2/c1-9(11(17)12-5-4-6-18-3)13-7-10-15-14-8-16(10)2/h8-9,13H,4-7H2,1-3H3,(H,12,17). The summed E-state index contributed by atoms with van der Waals surface area (Å²) in [6, 6.07) is -0.260. The fourth-order valence-electron chi connectivity index (χ4n) is 1.39. The Hall–Kier alpha value is -1.47. The molecule has 1 aromatic rings. The predicted octanol–water partition coefficient (Wildman–Crippen LogP) is -0.554. The fraction of sp³-hybridized carbons (Fsp3) is 0.727. The first-order valence-corrected chi connectivity index (χ1v) is 5.98. The number of nitrogens with zero attached hydrogens (tertiary/aromatic N) is 3. The molecule has 0 spiro atoms. The Morgan fingerprint density at radius 3 is 3.00 bits per heavy atom. The average molecular weight is 255 g/mol. The van der Waals surface area contributed by atoms with Gasteiger partial charge in [-0.1, -0.05) is 0 Å². The summed E-state index contributed by atoms with van der Waals surface area (Å²) in [4.78, 5) is 11.7. The lowest BCUT2D eigenvalue weighted by molar-refractivity contribution is -0.122. The van der Waals surface area contributed by atoms with E-state index in [0.29, 0.717) is 19.7 Å². The van der Waals surface area contributed by atoms with Crippen molar-refractivity contribution in [2.75, 3.05) is 20.3 Å². The van der Waals surface area contributed by atoms with E-state index in [1.54, 1.807) is 13.4 Å². The van der Waals surface area contributed by atoms with E-state index in [2.05, 4.69) is 20.8 Å². The van der Waals surface area contributed by atoms with E-state index in [1.807, 2.05) is 18.5 Å². The number of aryl methyl sites for hydroxylation is 1. The summed E-state index contributed by atoms with van der Waals surface area (Å²) < 4.78 is 6.72. The summed E-state index contributed by atoms with van der Waals surface area (Å²) in [5.74, 6) is 0.780. The summed E-state index contributed by atoms with van der Waals surface area (Å²) in [6.07, 6.45) is 2.45. The third-order valence-corrected chi connectivity index (χ3v) is 2.59. The molecule has 0 saturated heterocycles. The number of carbonyl (C=O) groups excluding carboxylic acids is 1. The number of rotatable bonds is 8. The Labute approximate surface area is 107 Å². The van der Waals surface area contributed by atoms with Crippen LogP contribution >= 0.6 is 0 Å². The molecule has 2 N–H and O–H groups in total. The van der Waals surface area contributed by atoms with Crippen molar-refractivity contribution in [2.24, 2.45) is 7.05 Å². The normalized spacial score (nSPS) is 12.4. The maximum absolute atomic E-state index is 11.7. The molecule has 1 rings (SSSR count). The molecule has 1 aromatic heterocycles. The van der Waals surface area contributed by atoms with E-state index in [1.165, 1.54) is 0 Å². The highest BCUT2D eigenvalue weighted by atomic mass is 16.5. The molecule has 1 amide bonds. The van der Waals surface area contributed by atoms with Gasteiger partial charge in [0.1, 0.15) is 12.2 Å². The summed E-state index contributed by atoms with van der Waals surface area (Å²) in [5, 5.41) is 13.6. The van der Waals surface area contributed by atoms with Gasteiger partial charge in [0.05, 0.1) is 12.6 Å². The monoisotopic (exact) mass is 255 g/mol. The second-order valence-corrected chi connectivity index (χ2v) is 4.10. The molecule has 1 unspecified atom stereocenters. The van der Waals surface area contributed by atoms with Crippen LogP contribution < -0.4 is 10.6 Å². The molecule has 0 aliphatic rings. The van der Waals surface area contributed by atoms with Gasteiger partial charge in [0, 0.05) is 27.3 Å². The largest absolute Gasteiger partial charge is 0.385 e. The number of carbonyl (C=O) groups is 1. The minimum absolute atomic E-state index is 0.0201. The third kappa shape index (κ3) is 4.80. The molecule has 0 fully saturated rings. The summed E-state index contributed by atoms with van der Waals surface area (Å²) in [5.41, 5.74) is 0. The van der Waals surface area contributed by atoms with Crippen LogP contribution in [0.15, 0.2) is 6.33 Å². The lowest BCUT2D eigenvalue weighted by Gasteiger charge is -2.13. The van der Waals surface area contributed by atoms with E-state index < -0.39 is 0 Å². The Balaban J connectivity index is 2.21. The van der Waals surface area contributed by atoms with Crippen molar-refractivity contribution in [3.05, 3.63) is 12.2 Å². The Morgan fingerprint density at radius 1 is 1.61 bits per heavy atom. The lowest BCUT2D eigenvalue weighted by atomic mass is 10.3. The molecule has 1 atom stereocenters. The van der Waals surface area contributed by atoms with Crippen LogP contribution in [0.5, 0.6) is 0 Å². The fourth-order valence-corrected chi connectivity index (χ4v) is 1.39. The first-order chi connectivity index (χ1) is 8.65. The van der Waals surface area contributed by atoms with Crippen molar-refractivity contribution < 1.29 is 9.53 Å². The van der Waals surface area contributed by atoms with Gasteiger partial charge in [0.25, 0.3) is 0 Å². The van der Waals surface area contributed by atoms with Crippen molar-refractivity contribution in [2.45, 2.75) is 25.9 Å². The van der Waals surface area contributed by atoms with Gasteiger partial charge in [0.2, 0.25) is 5.91 Å². The third-order valence-electron chi connectivity index (χ3n) is 2.59. The highest BCUT2D eigenvalue weighted by Gasteiger charge is 2.12. The first kappa shape index (κ1) is 14.6. The molecule has 7 nitrogen and oxygen atoms in total. The zero-order valence-electron chi connectivity index (χ0n) is 11.1. The second-order valence-electron chi connectivity index (χ2n) is 4.10. The van der Waals surface area contributed by atoms with Crippen LogP contribution in [-0.2, 0) is 23.1 Å². The molecule has 102 valence electrons. The molecule has 18 heavy (non-hydrogen) atoms. The SMILES string of the molecule is COCCCNC(=O)C(C)NCc1nncn1C. The van der Waals surface area contributed by atoms with Gasteiger partial charge < -0.3 is 14.6 Å². The summed E-state index contributed by atoms with van der Waals surface area (Å²) in [6.45, 7) is 3.62. The number of amides is 1. The van der Waals surface area contributed by atoms with Crippen LogP contribution in [0.25, 0.3) is 0 Å². The number of nitrogens with one attached hydrogen (secondary N) is 2. The van der Waals surface area contributed by atoms with Crippen molar-refractivity contribution in [3.63, 3.8) is 0 Å². The molecule has 0 saturated carbocycles. The number of hydrogen-bond acceptors (Lipinski definition) is 5. The molecular formula is C11H21N5O2. The van der Waals surface area contributed by atoms with E-state index in [4.69, 9.17) is 4.74 Å². The van der Waals surface area contributed by atoms with Crippen LogP contribution in [0.2, 0.25) is 0 Å². The van der Waals surface area contributed by atoms with Crippen molar-refractivity contribution in [1.82, 2.24) is 25.4 Å². The van der Waals surface area contributed by atoms with Gasteiger partial charge in [0.15, 0.2) is 0 Å². The molecule has 0 aliphatic heterocycles. The van der Waals surface area contributed by atoms with Crippen molar-refractivity contribution >= 4 is 5.91 Å². The van der Waals surface area contributed by atoms with E-state index in [9.17, 15) is 4.79 Å². The Bertz CT molecular complexity index is 366. The number of methoxy groups -OCH3 is 1. The topological polar surface area (TPSA) is 81.1 Å². The Kier molecular flexibility index (Phi) is 6.31. The van der Waals surface area contributed by atoms with E-state index >= 15 is 0 Å². The van der Waals surface area contributed by atoms with Crippen molar-refractivity contribution in [1.29, 1.82) is 0 Å². The van der Waals surface area contributed by atoms with Gasteiger partial charge in [-0.2, -0.15) is 0 Å². The zero-order valence-corrected chi connectivity index (χ0v) is 11.1. The maximum Gasteiger partial charge on any atom is 0.236 e. The minimum Gasteiger partial charge on any atom is -0.385 e. The second kappa shape index (κ2) is 7.78. The zero-order chi connectivity index (χ0) is 13.4. The van der Waals surface area contributed by atoms with Gasteiger partial charge >= 0.3 is 0 Å². The molecule has 0 aromatic carbocycles. The van der Waals surface area contributed by atoms with E-state index in [0.717, 1.165) is 12.2 Å². The molecule has 0 aliphatic carbocycles. The number of ether oxygens (including phenoxy) is 1. The quantitative estimate of drug-likeness (QED) is 0.609. The number of hydrogen-bond donors (Lipinski definition) is 2. The molecule has 1 heterocycles. The highest BCUT2D eigenvalue weighted by Crippen LogP contribution is 1.92.